The second-order valence-corrected chi connectivity index (χ2v) is 10.4. The van der Waals surface area contributed by atoms with Crippen molar-refractivity contribution >= 4 is 16.0 Å². The van der Waals surface area contributed by atoms with Crippen molar-refractivity contribution in [3.63, 3.8) is 0 Å². The maximum Gasteiger partial charge on any atom is 1.00 e. The van der Waals surface area contributed by atoms with Crippen LogP contribution >= 0.6 is 0 Å². The number of carbonyl (C=O) groups is 1. The van der Waals surface area contributed by atoms with Crippen LogP contribution in [0.15, 0.2) is 35.4 Å². The molecule has 2 heterocycles. The number of carbonyl (C=O) groups excluding carboxylic acids is 1. The first-order valence-corrected chi connectivity index (χ1v) is 11.4. The largest absolute Gasteiger partial charge is 1.00 e. The number of ether oxygens (including phenoxy) is 1. The summed E-state index contributed by atoms with van der Waals surface area (Å²) in [6.07, 6.45) is 2.82. The molecule has 0 amide bonds. The molecular formula is C20H24FN4NaO5S. The number of carboxylic acid groups (broad SMARTS) is 1. The summed E-state index contributed by atoms with van der Waals surface area (Å²) in [7, 11) is -2.22. The number of aromatic nitrogens is 2. The number of nitrogens with one attached hydrogen (secondary N) is 1. The van der Waals surface area contributed by atoms with E-state index >= 15 is 0 Å². The fourth-order valence-corrected chi connectivity index (χ4v) is 6.15. The third-order valence-corrected chi connectivity index (χ3v) is 7.76. The molecule has 12 heteroatoms. The molecule has 0 bridgehead atoms. The molecule has 1 spiro atoms. The Morgan fingerprint density at radius 3 is 2.66 bits per heavy atom. The first-order valence-electron chi connectivity index (χ1n) is 9.98. The molecule has 1 N–H and O–H groups in total. The number of aromatic carboxylic acids is 1. The minimum absolute atomic E-state index is 0. The molecule has 1 aromatic heterocycles. The molecule has 2 fully saturated rings. The van der Waals surface area contributed by atoms with Crippen molar-refractivity contribution in [1.29, 1.82) is 0 Å². The zero-order chi connectivity index (χ0) is 22.4. The number of hydrogen-bond acceptors (Lipinski definition) is 7. The second kappa shape index (κ2) is 9.40. The van der Waals surface area contributed by atoms with Gasteiger partial charge in [0.2, 0.25) is 15.9 Å². The average Bonchev–Trinajstić information content (AvgIpc) is 3.01. The summed E-state index contributed by atoms with van der Waals surface area (Å²) in [5.74, 6) is -1.93. The Labute approximate surface area is 208 Å². The summed E-state index contributed by atoms with van der Waals surface area (Å²) in [4.78, 5) is 10.8. The number of nitrogens with zero attached hydrogens (tertiary/aromatic N) is 3. The van der Waals surface area contributed by atoms with Gasteiger partial charge in [0.1, 0.15) is 17.3 Å². The number of sulfonamides is 1. The Morgan fingerprint density at radius 1 is 1.38 bits per heavy atom. The van der Waals surface area contributed by atoms with Gasteiger partial charge in [0.15, 0.2) is 0 Å². The van der Waals surface area contributed by atoms with E-state index in [-0.39, 0.29) is 70.0 Å². The first-order chi connectivity index (χ1) is 14.6. The van der Waals surface area contributed by atoms with Crippen LogP contribution in [0.1, 0.15) is 30.1 Å². The summed E-state index contributed by atoms with van der Waals surface area (Å²) < 4.78 is 47.4. The molecule has 1 atom stereocenters. The van der Waals surface area contributed by atoms with Crippen molar-refractivity contribution in [2.24, 2.45) is 12.5 Å². The van der Waals surface area contributed by atoms with Gasteiger partial charge in [0.25, 0.3) is 0 Å². The van der Waals surface area contributed by atoms with Gasteiger partial charge in [-0.15, -0.1) is 0 Å². The number of hydrogen-bond donors (Lipinski definition) is 1. The molecule has 1 aromatic carbocycles. The molecular weight excluding hydrogens is 450 g/mol. The monoisotopic (exact) mass is 474 g/mol. The van der Waals surface area contributed by atoms with E-state index in [2.05, 4.69) is 10.4 Å². The van der Waals surface area contributed by atoms with Crippen LogP contribution in [0.5, 0.6) is 5.88 Å². The van der Waals surface area contributed by atoms with Crippen molar-refractivity contribution in [3.8, 4) is 5.88 Å². The summed E-state index contributed by atoms with van der Waals surface area (Å²) in [5.41, 5.74) is -0.163. The van der Waals surface area contributed by atoms with Crippen LogP contribution in [-0.2, 0) is 17.1 Å². The molecule has 1 aliphatic heterocycles. The molecule has 168 valence electrons. The van der Waals surface area contributed by atoms with Crippen LogP contribution in [0.25, 0.3) is 0 Å². The van der Waals surface area contributed by atoms with Crippen molar-refractivity contribution in [2.75, 3.05) is 19.7 Å². The zero-order valence-corrected chi connectivity index (χ0v) is 21.1. The smallest absolute Gasteiger partial charge is 0.545 e. The maximum absolute atomic E-state index is 13.9. The summed E-state index contributed by atoms with van der Waals surface area (Å²) in [6.45, 7) is 2.94. The average molecular weight is 474 g/mol. The summed E-state index contributed by atoms with van der Waals surface area (Å²) in [6, 6.07) is 5.58. The third kappa shape index (κ3) is 4.73. The van der Waals surface area contributed by atoms with E-state index in [0.717, 1.165) is 18.9 Å². The molecule has 2 aliphatic rings. The van der Waals surface area contributed by atoms with Gasteiger partial charge in [-0.05, 0) is 31.9 Å². The van der Waals surface area contributed by atoms with Gasteiger partial charge < -0.3 is 20.0 Å². The van der Waals surface area contributed by atoms with E-state index in [1.165, 1.54) is 33.4 Å². The molecule has 4 rings (SSSR count). The number of carboxylic acids is 1. The van der Waals surface area contributed by atoms with E-state index in [0.29, 0.717) is 13.1 Å². The minimum Gasteiger partial charge on any atom is -0.545 e. The Morgan fingerprint density at radius 2 is 2.03 bits per heavy atom. The molecule has 9 nitrogen and oxygen atoms in total. The Hall–Kier alpha value is -1.50. The number of halogens is 1. The van der Waals surface area contributed by atoms with Crippen molar-refractivity contribution in [1.82, 2.24) is 19.4 Å². The quantitative estimate of drug-likeness (QED) is 0.409. The van der Waals surface area contributed by atoms with Crippen LogP contribution < -0.4 is 44.7 Å². The van der Waals surface area contributed by atoms with Crippen molar-refractivity contribution < 1.29 is 57.0 Å². The molecule has 1 saturated heterocycles. The van der Waals surface area contributed by atoms with Crippen LogP contribution in [0.2, 0.25) is 0 Å². The molecule has 0 unspecified atom stereocenters. The van der Waals surface area contributed by atoms with Crippen LogP contribution in [-0.4, -0.2) is 60.3 Å². The fourth-order valence-electron chi connectivity index (χ4n) is 4.42. The van der Waals surface area contributed by atoms with Gasteiger partial charge in [0, 0.05) is 37.6 Å². The van der Waals surface area contributed by atoms with Gasteiger partial charge in [-0.2, -0.15) is 9.40 Å². The van der Waals surface area contributed by atoms with E-state index in [1.807, 2.05) is 6.92 Å². The number of aryl methyl sites for hydroxylation is 1. The molecule has 1 aliphatic carbocycles. The summed E-state index contributed by atoms with van der Waals surface area (Å²) >= 11 is 0. The molecule has 0 radical (unpaired) electrons. The standard InChI is InChI=1S/C20H25FN4O5S.Na/c1-13(10-30-18-15(19(26)27)9-22-24(18)2)23-14-7-20(8-14)11-25(12-20)31(28,29)17-6-4-3-5-16(17)21;/h3-6,9,13-14,23H,7-8,10-12H2,1-2H3,(H,26,27);/q;+1/p-1/t13-;/m1./s1. The number of rotatable bonds is 8. The Bertz CT molecular complexity index is 1100. The van der Waals surface area contributed by atoms with E-state index < -0.39 is 21.8 Å². The van der Waals surface area contributed by atoms with Crippen LogP contribution in [0, 0.1) is 11.2 Å². The molecule has 2 aromatic rings. The maximum atomic E-state index is 13.9. The van der Waals surface area contributed by atoms with Crippen LogP contribution in [0.3, 0.4) is 0 Å². The van der Waals surface area contributed by atoms with Gasteiger partial charge in [0.05, 0.1) is 17.7 Å². The topological polar surface area (TPSA) is 117 Å². The van der Waals surface area contributed by atoms with Gasteiger partial charge in [-0.3, -0.25) is 0 Å². The first kappa shape index (κ1) is 25.1. The van der Waals surface area contributed by atoms with Gasteiger partial charge in [-0.25, -0.2) is 17.5 Å². The Kier molecular flexibility index (Phi) is 7.38. The molecule has 32 heavy (non-hydrogen) atoms. The minimum atomic E-state index is -3.81. The summed E-state index contributed by atoms with van der Waals surface area (Å²) in [5, 5.41) is 18.4. The Balaban J connectivity index is 0.00000289. The van der Waals surface area contributed by atoms with Crippen LogP contribution in [0.4, 0.5) is 4.39 Å². The van der Waals surface area contributed by atoms with Crippen molar-refractivity contribution in [3.05, 3.63) is 41.8 Å². The van der Waals surface area contributed by atoms with Crippen molar-refractivity contribution in [2.45, 2.75) is 36.7 Å². The predicted octanol–water partition coefficient (Wildman–Crippen LogP) is -2.86. The normalized spacial score (nSPS) is 19.0. The third-order valence-electron chi connectivity index (χ3n) is 5.93. The number of benzene rings is 1. The second-order valence-electron chi connectivity index (χ2n) is 8.46. The van der Waals surface area contributed by atoms with E-state index in [4.69, 9.17) is 4.74 Å². The van der Waals surface area contributed by atoms with Gasteiger partial charge in [-0.1, -0.05) is 12.1 Å². The zero-order valence-electron chi connectivity index (χ0n) is 18.2. The fraction of sp³-hybridized carbons (Fsp3) is 0.500. The SMILES string of the molecule is C[C@H](COc1c(C(=O)[O-])cnn1C)NC1CC2(C1)CN(S(=O)(=O)c1ccccc1F)C2.[Na+]. The predicted molar refractivity (Wildman–Crippen MR) is 106 cm³/mol. The van der Waals surface area contributed by atoms with E-state index in [9.17, 15) is 22.7 Å². The van der Waals surface area contributed by atoms with E-state index in [1.54, 1.807) is 7.05 Å². The molecule has 1 saturated carbocycles. The van der Waals surface area contributed by atoms with Gasteiger partial charge >= 0.3 is 29.6 Å².